The van der Waals surface area contributed by atoms with Crippen LogP contribution in [0.2, 0.25) is 0 Å². The maximum Gasteiger partial charge on any atom is 0.343 e. The number of carboxylic acids is 1. The summed E-state index contributed by atoms with van der Waals surface area (Å²) in [5.74, 6) is -3.87. The maximum absolute atomic E-state index is 12.4. The number of esters is 1. The van der Waals surface area contributed by atoms with Crippen molar-refractivity contribution in [1.82, 2.24) is 0 Å². The van der Waals surface area contributed by atoms with Gasteiger partial charge >= 0.3 is 11.9 Å². The van der Waals surface area contributed by atoms with Gasteiger partial charge in [-0.25, -0.2) is 4.79 Å². The summed E-state index contributed by atoms with van der Waals surface area (Å²) >= 11 is 0. The molecule has 0 saturated heterocycles. The molecule has 26 heavy (non-hydrogen) atoms. The van der Waals surface area contributed by atoms with Crippen LogP contribution in [-0.2, 0) is 11.2 Å². The van der Waals surface area contributed by atoms with Crippen LogP contribution in [0.1, 0.15) is 15.9 Å². The monoisotopic (exact) mass is 364 g/mol. The Balaban J connectivity index is 2.43. The number of rotatable bonds is 6. The molecule has 0 bridgehead atoms. The number of aliphatic carboxylic acids is 1. The molecule has 4 N–H and O–H groups in total. The number of phenols is 3. The minimum Gasteiger partial charge on any atom is -0.508 e. The molecule has 0 aliphatic carbocycles. The van der Waals surface area contributed by atoms with Crippen LogP contribution in [0.25, 0.3) is 0 Å². The van der Waals surface area contributed by atoms with Gasteiger partial charge in [0.25, 0.3) is 0 Å². The normalized spacial score (nSPS) is 10.2. The van der Waals surface area contributed by atoms with Crippen LogP contribution in [0.4, 0.5) is 0 Å². The summed E-state index contributed by atoms with van der Waals surface area (Å²) in [5.41, 5.74) is -0.248. The lowest BCUT2D eigenvalue weighted by molar-refractivity contribution is -0.136. The van der Waals surface area contributed by atoms with Crippen LogP contribution in [0.5, 0.6) is 34.5 Å². The van der Waals surface area contributed by atoms with Gasteiger partial charge in [-0.1, -0.05) is 0 Å². The van der Waals surface area contributed by atoms with E-state index in [9.17, 15) is 24.9 Å². The predicted molar refractivity (Wildman–Crippen MR) is 87.3 cm³/mol. The van der Waals surface area contributed by atoms with Gasteiger partial charge in [-0.05, 0) is 12.1 Å². The first kappa shape index (κ1) is 18.7. The number of phenolic OH excluding ortho intramolecular Hbond substituents is 3. The first-order valence-electron chi connectivity index (χ1n) is 7.20. The smallest absolute Gasteiger partial charge is 0.343 e. The van der Waals surface area contributed by atoms with E-state index in [0.717, 1.165) is 12.1 Å². The molecule has 138 valence electrons. The Bertz CT molecular complexity index is 833. The molecule has 0 spiro atoms. The SMILES string of the molecule is COc1cc(C(=O)Oc2cc(O)cc(O)c2CC(=O)O)cc(OC)c1O. The third-order valence-electron chi connectivity index (χ3n) is 3.42. The Morgan fingerprint density at radius 1 is 0.923 bits per heavy atom. The van der Waals surface area contributed by atoms with Crippen LogP contribution in [0, 0.1) is 0 Å². The molecular formula is C17H16O9. The highest BCUT2D eigenvalue weighted by Crippen LogP contribution is 2.38. The number of methoxy groups -OCH3 is 2. The maximum atomic E-state index is 12.4. The molecule has 0 radical (unpaired) electrons. The molecule has 2 aromatic carbocycles. The van der Waals surface area contributed by atoms with Gasteiger partial charge in [0.15, 0.2) is 11.5 Å². The van der Waals surface area contributed by atoms with E-state index in [0.29, 0.717) is 0 Å². The molecule has 9 heteroatoms. The fourth-order valence-electron chi connectivity index (χ4n) is 2.21. The van der Waals surface area contributed by atoms with Gasteiger partial charge in [0.2, 0.25) is 5.75 Å². The number of benzene rings is 2. The predicted octanol–water partition coefficient (Wildman–Crippen LogP) is 1.67. The Morgan fingerprint density at radius 2 is 1.50 bits per heavy atom. The van der Waals surface area contributed by atoms with E-state index in [2.05, 4.69) is 0 Å². The summed E-state index contributed by atoms with van der Waals surface area (Å²) in [6.07, 6.45) is -0.628. The van der Waals surface area contributed by atoms with Crippen LogP contribution < -0.4 is 14.2 Å². The van der Waals surface area contributed by atoms with Crippen molar-refractivity contribution in [2.24, 2.45) is 0 Å². The summed E-state index contributed by atoms with van der Waals surface area (Å²) in [5, 5.41) is 38.2. The Hall–Kier alpha value is -3.62. The zero-order chi connectivity index (χ0) is 19.4. The highest BCUT2D eigenvalue weighted by Gasteiger charge is 2.21. The molecule has 0 fully saturated rings. The first-order valence-corrected chi connectivity index (χ1v) is 7.20. The van der Waals surface area contributed by atoms with E-state index >= 15 is 0 Å². The molecule has 0 amide bonds. The number of aromatic hydroxyl groups is 3. The molecule has 0 unspecified atom stereocenters. The summed E-state index contributed by atoms with van der Waals surface area (Å²) in [4.78, 5) is 23.3. The average molecular weight is 364 g/mol. The quantitative estimate of drug-likeness (QED) is 0.444. The first-order chi connectivity index (χ1) is 12.3. The van der Waals surface area contributed by atoms with Crippen molar-refractivity contribution in [1.29, 1.82) is 0 Å². The highest BCUT2D eigenvalue weighted by molar-refractivity contribution is 5.93. The average Bonchev–Trinajstić information content (AvgIpc) is 2.57. The van der Waals surface area contributed by atoms with Crippen molar-refractivity contribution in [2.75, 3.05) is 14.2 Å². The van der Waals surface area contributed by atoms with Gasteiger partial charge in [-0.2, -0.15) is 0 Å². The van der Waals surface area contributed by atoms with E-state index in [4.69, 9.17) is 19.3 Å². The Kier molecular flexibility index (Phi) is 5.41. The van der Waals surface area contributed by atoms with Gasteiger partial charge in [0, 0.05) is 17.7 Å². The van der Waals surface area contributed by atoms with Crippen molar-refractivity contribution < 1.29 is 44.2 Å². The number of hydrogen-bond donors (Lipinski definition) is 4. The second-order valence-electron chi connectivity index (χ2n) is 5.13. The molecular weight excluding hydrogens is 348 g/mol. The van der Waals surface area contributed by atoms with Crippen molar-refractivity contribution >= 4 is 11.9 Å². The molecule has 2 rings (SSSR count). The number of carbonyl (C=O) groups excluding carboxylic acids is 1. The van der Waals surface area contributed by atoms with Gasteiger partial charge in [0.1, 0.15) is 17.2 Å². The second kappa shape index (κ2) is 7.51. The molecule has 9 nitrogen and oxygen atoms in total. The summed E-state index contributed by atoms with van der Waals surface area (Å²) < 4.78 is 15.0. The van der Waals surface area contributed by atoms with Crippen LogP contribution in [-0.4, -0.2) is 46.6 Å². The number of carboxylic acid groups (broad SMARTS) is 1. The standard InChI is InChI=1S/C17H16O9/c1-24-13-3-8(4-14(25-2)16(13)22)17(23)26-12-6-9(18)5-11(19)10(12)7-15(20)21/h3-6,18-19,22H,7H2,1-2H3,(H,20,21). The summed E-state index contributed by atoms with van der Waals surface area (Å²) in [6.45, 7) is 0. The van der Waals surface area contributed by atoms with Gasteiger partial charge in [-0.15, -0.1) is 0 Å². The molecule has 2 aromatic rings. The number of carbonyl (C=O) groups is 2. The fourth-order valence-corrected chi connectivity index (χ4v) is 2.21. The van der Waals surface area contributed by atoms with Crippen molar-refractivity contribution in [3.05, 3.63) is 35.4 Å². The van der Waals surface area contributed by atoms with E-state index in [1.165, 1.54) is 26.4 Å². The van der Waals surface area contributed by atoms with Crippen molar-refractivity contribution in [3.8, 4) is 34.5 Å². The van der Waals surface area contributed by atoms with Crippen molar-refractivity contribution in [3.63, 3.8) is 0 Å². The molecule has 0 atom stereocenters. The molecule has 0 aliphatic heterocycles. The lowest BCUT2D eigenvalue weighted by atomic mass is 10.1. The van der Waals surface area contributed by atoms with E-state index < -0.39 is 29.9 Å². The summed E-state index contributed by atoms with van der Waals surface area (Å²) in [6, 6.07) is 4.33. The Morgan fingerprint density at radius 3 is 2.00 bits per heavy atom. The van der Waals surface area contributed by atoms with Crippen LogP contribution in [0.15, 0.2) is 24.3 Å². The molecule has 0 saturated carbocycles. The third kappa shape index (κ3) is 3.89. The number of hydrogen-bond acceptors (Lipinski definition) is 8. The molecule has 0 aromatic heterocycles. The van der Waals surface area contributed by atoms with Crippen LogP contribution in [0.3, 0.4) is 0 Å². The zero-order valence-electron chi connectivity index (χ0n) is 13.8. The van der Waals surface area contributed by atoms with E-state index in [1.54, 1.807) is 0 Å². The largest absolute Gasteiger partial charge is 0.508 e. The second-order valence-corrected chi connectivity index (χ2v) is 5.13. The lowest BCUT2D eigenvalue weighted by Gasteiger charge is -2.13. The van der Waals surface area contributed by atoms with Gasteiger partial charge in [-0.3, -0.25) is 4.79 Å². The minimum atomic E-state index is -1.27. The topological polar surface area (TPSA) is 143 Å². The fraction of sp³-hybridized carbons (Fsp3) is 0.176. The Labute approximate surface area is 147 Å². The van der Waals surface area contributed by atoms with E-state index in [-0.39, 0.29) is 34.1 Å². The summed E-state index contributed by atoms with van der Waals surface area (Å²) in [7, 11) is 2.56. The van der Waals surface area contributed by atoms with Gasteiger partial charge < -0.3 is 34.6 Å². The van der Waals surface area contributed by atoms with Crippen molar-refractivity contribution in [2.45, 2.75) is 6.42 Å². The molecule has 0 aliphatic rings. The third-order valence-corrected chi connectivity index (χ3v) is 3.42. The van der Waals surface area contributed by atoms with E-state index in [1.807, 2.05) is 0 Å². The number of ether oxygens (including phenoxy) is 3. The molecule has 0 heterocycles. The highest BCUT2D eigenvalue weighted by atomic mass is 16.5. The van der Waals surface area contributed by atoms with Gasteiger partial charge in [0.05, 0.1) is 26.2 Å². The minimum absolute atomic E-state index is 0.0409. The lowest BCUT2D eigenvalue weighted by Crippen LogP contribution is -2.12. The van der Waals surface area contributed by atoms with Crippen LogP contribution >= 0.6 is 0 Å². The zero-order valence-corrected chi connectivity index (χ0v) is 13.8.